The molecule has 2 nitrogen and oxygen atoms in total. The van der Waals surface area contributed by atoms with Gasteiger partial charge in [-0.05, 0) is 48.8 Å². The van der Waals surface area contributed by atoms with E-state index in [0.29, 0.717) is 5.41 Å². The van der Waals surface area contributed by atoms with Crippen LogP contribution < -0.4 is 5.32 Å². The monoisotopic (exact) mass is 306 g/mol. The smallest absolute Gasteiger partial charge is 0.161 e. The Labute approximate surface area is 130 Å². The van der Waals surface area contributed by atoms with Crippen LogP contribution in [0.2, 0.25) is 0 Å². The lowest BCUT2D eigenvalue weighted by Gasteiger charge is -2.38. The fourth-order valence-corrected chi connectivity index (χ4v) is 4.61. The quantitative estimate of drug-likeness (QED) is 0.789. The molecule has 108 valence electrons. The normalized spacial score (nSPS) is 21.6. The van der Waals surface area contributed by atoms with Crippen molar-refractivity contribution in [2.45, 2.75) is 37.0 Å². The Morgan fingerprint density at radius 2 is 1.90 bits per heavy atom. The number of hydrogen-bond acceptors (Lipinski definition) is 4. The summed E-state index contributed by atoms with van der Waals surface area (Å²) in [4.78, 5) is 6.11. The molecule has 1 heterocycles. The van der Waals surface area contributed by atoms with Crippen molar-refractivity contribution in [2.24, 2.45) is 10.4 Å². The second-order valence-electron chi connectivity index (χ2n) is 5.82. The summed E-state index contributed by atoms with van der Waals surface area (Å²) in [5.41, 5.74) is 1.66. The summed E-state index contributed by atoms with van der Waals surface area (Å²) in [5, 5.41) is 4.55. The molecule has 0 bridgehead atoms. The molecule has 3 rings (SSSR count). The first-order valence-electron chi connectivity index (χ1n) is 7.38. The number of nitrogens with one attached hydrogen (secondary N) is 1. The number of nitrogens with zero attached hydrogens (tertiary/aromatic N) is 1. The Bertz CT molecular complexity index is 476. The number of rotatable bonds is 2. The van der Waals surface area contributed by atoms with Crippen molar-refractivity contribution in [3.05, 3.63) is 24.3 Å². The standard InChI is InChI=1S/C16H22N2S2/c1-19-14-7-5-13(6-8-14)18-15-17-11-16(12-20-15)9-3-2-4-10-16/h5-8H,2-4,9-12H2,1H3,(H,17,18). The maximum Gasteiger partial charge on any atom is 0.161 e. The van der Waals surface area contributed by atoms with E-state index in [-0.39, 0.29) is 0 Å². The highest BCUT2D eigenvalue weighted by molar-refractivity contribution is 8.14. The summed E-state index contributed by atoms with van der Waals surface area (Å²) in [6, 6.07) is 8.59. The van der Waals surface area contributed by atoms with E-state index in [4.69, 9.17) is 4.99 Å². The average molecular weight is 306 g/mol. The van der Waals surface area contributed by atoms with E-state index in [1.54, 1.807) is 11.8 Å². The number of thioether (sulfide) groups is 2. The van der Waals surface area contributed by atoms with Gasteiger partial charge in [-0.1, -0.05) is 31.0 Å². The molecule has 0 unspecified atom stereocenters. The minimum absolute atomic E-state index is 0.511. The van der Waals surface area contributed by atoms with Crippen LogP contribution in [-0.2, 0) is 0 Å². The molecular weight excluding hydrogens is 284 g/mol. The third-order valence-corrected chi connectivity index (χ3v) is 6.33. The molecule has 1 saturated carbocycles. The highest BCUT2D eigenvalue weighted by Gasteiger charge is 2.34. The number of amidine groups is 1. The zero-order valence-electron chi connectivity index (χ0n) is 12.0. The SMILES string of the molecule is CSc1ccc(NC2=NCC3(CCCCC3)CS2)cc1. The number of aliphatic imine (C=N–C) groups is 1. The average Bonchev–Trinajstić information content (AvgIpc) is 2.52. The van der Waals surface area contributed by atoms with Crippen molar-refractivity contribution in [3.63, 3.8) is 0 Å². The molecule has 20 heavy (non-hydrogen) atoms. The second-order valence-corrected chi connectivity index (χ2v) is 7.67. The molecular formula is C16H22N2S2. The van der Waals surface area contributed by atoms with Gasteiger partial charge in [-0.3, -0.25) is 4.99 Å². The lowest BCUT2D eigenvalue weighted by Crippen LogP contribution is -2.35. The van der Waals surface area contributed by atoms with Crippen LogP contribution in [0, 0.1) is 5.41 Å². The summed E-state index contributed by atoms with van der Waals surface area (Å²) in [6.45, 7) is 1.02. The maximum atomic E-state index is 4.81. The van der Waals surface area contributed by atoms with Crippen molar-refractivity contribution in [2.75, 3.05) is 23.9 Å². The lowest BCUT2D eigenvalue weighted by atomic mass is 9.75. The fourth-order valence-electron chi connectivity index (χ4n) is 3.03. The second kappa shape index (κ2) is 6.44. The van der Waals surface area contributed by atoms with Gasteiger partial charge < -0.3 is 5.32 Å². The number of hydrogen-bond donors (Lipinski definition) is 1. The summed E-state index contributed by atoms with van der Waals surface area (Å²) in [6.07, 6.45) is 9.07. The zero-order chi connectivity index (χ0) is 13.8. The fraction of sp³-hybridized carbons (Fsp3) is 0.562. The van der Waals surface area contributed by atoms with Crippen LogP contribution in [0.15, 0.2) is 34.2 Å². The largest absolute Gasteiger partial charge is 0.335 e. The van der Waals surface area contributed by atoms with Crippen molar-refractivity contribution in [3.8, 4) is 0 Å². The van der Waals surface area contributed by atoms with Gasteiger partial charge in [0.05, 0.1) is 0 Å². The van der Waals surface area contributed by atoms with Gasteiger partial charge in [0, 0.05) is 22.9 Å². The molecule has 1 fully saturated rings. The highest BCUT2D eigenvalue weighted by atomic mass is 32.2. The molecule has 0 atom stereocenters. The van der Waals surface area contributed by atoms with Crippen LogP contribution in [0.4, 0.5) is 5.69 Å². The van der Waals surface area contributed by atoms with E-state index >= 15 is 0 Å². The third kappa shape index (κ3) is 3.34. The van der Waals surface area contributed by atoms with Gasteiger partial charge in [0.15, 0.2) is 5.17 Å². The summed E-state index contributed by atoms with van der Waals surface area (Å²) in [7, 11) is 0. The van der Waals surface area contributed by atoms with E-state index in [1.165, 1.54) is 42.8 Å². The Hall–Kier alpha value is -0.610. The van der Waals surface area contributed by atoms with Crippen molar-refractivity contribution < 1.29 is 0 Å². The van der Waals surface area contributed by atoms with Crippen LogP contribution in [0.25, 0.3) is 0 Å². The minimum Gasteiger partial charge on any atom is -0.335 e. The van der Waals surface area contributed by atoms with Crippen LogP contribution in [0.3, 0.4) is 0 Å². The molecule has 0 saturated heterocycles. The van der Waals surface area contributed by atoms with Gasteiger partial charge in [-0.2, -0.15) is 0 Å². The van der Waals surface area contributed by atoms with Crippen molar-refractivity contribution in [1.29, 1.82) is 0 Å². The Kier molecular flexibility index (Phi) is 4.61. The van der Waals surface area contributed by atoms with Gasteiger partial charge in [-0.25, -0.2) is 0 Å². The van der Waals surface area contributed by atoms with Crippen LogP contribution in [0.5, 0.6) is 0 Å². The van der Waals surface area contributed by atoms with Gasteiger partial charge in [0.2, 0.25) is 0 Å². The van der Waals surface area contributed by atoms with Gasteiger partial charge >= 0.3 is 0 Å². The lowest BCUT2D eigenvalue weighted by molar-refractivity contribution is 0.232. The third-order valence-electron chi connectivity index (χ3n) is 4.33. The molecule has 1 aliphatic carbocycles. The highest BCUT2D eigenvalue weighted by Crippen LogP contribution is 2.41. The van der Waals surface area contributed by atoms with Gasteiger partial charge in [0.1, 0.15) is 0 Å². The van der Waals surface area contributed by atoms with Crippen LogP contribution in [-0.4, -0.2) is 23.7 Å². The van der Waals surface area contributed by atoms with Crippen molar-refractivity contribution in [1.82, 2.24) is 0 Å². The minimum atomic E-state index is 0.511. The zero-order valence-corrected chi connectivity index (χ0v) is 13.7. The summed E-state index contributed by atoms with van der Waals surface area (Å²) >= 11 is 3.68. The molecule has 0 radical (unpaired) electrons. The molecule has 0 aromatic heterocycles. The first kappa shape index (κ1) is 14.3. The summed E-state index contributed by atoms with van der Waals surface area (Å²) in [5.74, 6) is 1.24. The Morgan fingerprint density at radius 1 is 1.15 bits per heavy atom. The molecule has 2 aliphatic rings. The van der Waals surface area contributed by atoms with E-state index in [0.717, 1.165) is 17.4 Å². The Morgan fingerprint density at radius 3 is 2.50 bits per heavy atom. The Balaban J connectivity index is 1.61. The summed E-state index contributed by atoms with van der Waals surface area (Å²) < 4.78 is 0. The van der Waals surface area contributed by atoms with E-state index in [9.17, 15) is 0 Å². The maximum absolute atomic E-state index is 4.81. The molecule has 1 spiro atoms. The van der Waals surface area contributed by atoms with Crippen molar-refractivity contribution >= 4 is 34.4 Å². The number of benzene rings is 1. The molecule has 4 heteroatoms. The first-order chi connectivity index (χ1) is 9.80. The molecule has 1 aromatic rings. The van der Waals surface area contributed by atoms with Gasteiger partial charge in [0.25, 0.3) is 0 Å². The van der Waals surface area contributed by atoms with E-state index < -0.39 is 0 Å². The van der Waals surface area contributed by atoms with Gasteiger partial charge in [-0.15, -0.1) is 11.8 Å². The molecule has 0 amide bonds. The number of anilines is 1. The molecule has 1 N–H and O–H groups in total. The topological polar surface area (TPSA) is 24.4 Å². The van der Waals surface area contributed by atoms with E-state index in [1.807, 2.05) is 11.8 Å². The molecule has 1 aromatic carbocycles. The van der Waals surface area contributed by atoms with Crippen LogP contribution in [0.1, 0.15) is 32.1 Å². The predicted octanol–water partition coefficient (Wildman–Crippen LogP) is 4.87. The van der Waals surface area contributed by atoms with E-state index in [2.05, 4.69) is 35.8 Å². The molecule has 1 aliphatic heterocycles. The predicted molar refractivity (Wildman–Crippen MR) is 92.1 cm³/mol. The first-order valence-corrected chi connectivity index (χ1v) is 9.59. The van der Waals surface area contributed by atoms with Crippen LogP contribution >= 0.6 is 23.5 Å².